The second kappa shape index (κ2) is 7.28. The minimum atomic E-state index is -1.01. The standard InChI is InChI=1S/C22H24N2O3.C4H8/c23-10-9-21-12-17-15(14-3-1-2-4-16(14)24-17)11-22(21,27)8-7-13-5-6-18(25)20(26)19(13)21;1-4-2-3-4/h1-6,24-27H,7-12,23H2;4H,2-3H2,1H3. The Bertz CT molecular complexity index is 1130. The fourth-order valence-corrected chi connectivity index (χ4v) is 5.75. The van der Waals surface area contributed by atoms with Crippen LogP contribution in [0.1, 0.15) is 55.0 Å². The number of hydrogen-bond acceptors (Lipinski definition) is 4. The van der Waals surface area contributed by atoms with Crippen LogP contribution in [0.3, 0.4) is 0 Å². The number of rotatable bonds is 2. The van der Waals surface area contributed by atoms with E-state index in [4.69, 9.17) is 5.73 Å². The molecule has 3 aliphatic rings. The Morgan fingerprint density at radius 2 is 1.84 bits per heavy atom. The lowest BCUT2D eigenvalue weighted by atomic mass is 9.52. The number of phenolic OH excluding ortho intramolecular Hbond substituents is 2. The molecule has 1 aromatic heterocycles. The summed E-state index contributed by atoms with van der Waals surface area (Å²) >= 11 is 0. The Kier molecular flexibility index (Phi) is 4.79. The number of H-pyrrole nitrogens is 1. The molecule has 0 amide bonds. The van der Waals surface area contributed by atoms with Gasteiger partial charge in [-0.1, -0.05) is 44.0 Å². The van der Waals surface area contributed by atoms with Gasteiger partial charge in [0, 0.05) is 40.4 Å². The van der Waals surface area contributed by atoms with Gasteiger partial charge >= 0.3 is 0 Å². The van der Waals surface area contributed by atoms with Gasteiger partial charge in [0.1, 0.15) is 0 Å². The van der Waals surface area contributed by atoms with Crippen LogP contribution in [0.15, 0.2) is 36.4 Å². The minimum Gasteiger partial charge on any atom is -0.504 e. The highest BCUT2D eigenvalue weighted by Gasteiger charge is 2.58. The number of hydrogen-bond donors (Lipinski definition) is 5. The zero-order valence-electron chi connectivity index (χ0n) is 18.1. The maximum absolute atomic E-state index is 11.9. The van der Waals surface area contributed by atoms with Gasteiger partial charge in [0.2, 0.25) is 0 Å². The van der Waals surface area contributed by atoms with Crippen molar-refractivity contribution in [2.75, 3.05) is 6.54 Å². The molecule has 6 rings (SSSR count). The Hall–Kier alpha value is -2.50. The third kappa shape index (κ3) is 3.14. The van der Waals surface area contributed by atoms with Gasteiger partial charge in [-0.25, -0.2) is 0 Å². The summed E-state index contributed by atoms with van der Waals surface area (Å²) in [6.07, 6.45) is 5.88. The average molecular weight is 421 g/mol. The van der Waals surface area contributed by atoms with E-state index in [9.17, 15) is 15.3 Å². The van der Waals surface area contributed by atoms with Crippen LogP contribution in [0.2, 0.25) is 0 Å². The van der Waals surface area contributed by atoms with Crippen molar-refractivity contribution in [3.8, 4) is 11.5 Å². The van der Waals surface area contributed by atoms with Gasteiger partial charge in [-0.2, -0.15) is 0 Å². The summed E-state index contributed by atoms with van der Waals surface area (Å²) < 4.78 is 0. The van der Waals surface area contributed by atoms with E-state index in [0.29, 0.717) is 44.2 Å². The summed E-state index contributed by atoms with van der Waals surface area (Å²) in [5, 5.41) is 34.0. The number of aliphatic hydroxyl groups is 1. The Morgan fingerprint density at radius 3 is 2.55 bits per heavy atom. The zero-order valence-corrected chi connectivity index (χ0v) is 18.1. The quantitative estimate of drug-likeness (QED) is 0.404. The molecule has 1 saturated carbocycles. The Balaban J connectivity index is 0.000000461. The normalized spacial score (nSPS) is 26.4. The predicted molar refractivity (Wildman–Crippen MR) is 122 cm³/mol. The predicted octanol–water partition coefficient (Wildman–Crippen LogP) is 4.06. The molecule has 5 nitrogen and oxygen atoms in total. The number of benzene rings is 2. The van der Waals surface area contributed by atoms with Crippen molar-refractivity contribution in [3.05, 3.63) is 58.8 Å². The highest BCUT2D eigenvalue weighted by Crippen LogP contribution is 2.57. The van der Waals surface area contributed by atoms with E-state index in [-0.39, 0.29) is 11.5 Å². The number of aromatic amines is 1. The molecule has 5 heteroatoms. The van der Waals surface area contributed by atoms with Crippen molar-refractivity contribution in [2.45, 2.75) is 62.9 Å². The maximum Gasteiger partial charge on any atom is 0.161 e. The zero-order chi connectivity index (χ0) is 21.8. The molecule has 2 unspecified atom stereocenters. The van der Waals surface area contributed by atoms with Crippen molar-refractivity contribution in [1.82, 2.24) is 4.98 Å². The van der Waals surface area contributed by atoms with Gasteiger partial charge in [-0.3, -0.25) is 0 Å². The van der Waals surface area contributed by atoms with E-state index in [1.54, 1.807) is 0 Å². The fraction of sp³-hybridized carbons (Fsp3) is 0.462. The molecule has 0 saturated heterocycles. The van der Waals surface area contributed by atoms with Crippen LogP contribution >= 0.6 is 0 Å². The summed E-state index contributed by atoms with van der Waals surface area (Å²) in [7, 11) is 0. The third-order valence-corrected chi connectivity index (χ3v) is 7.71. The number of nitrogens with one attached hydrogen (secondary N) is 1. The number of para-hydroxylation sites is 1. The molecule has 164 valence electrons. The van der Waals surface area contributed by atoms with E-state index in [0.717, 1.165) is 33.6 Å². The topological polar surface area (TPSA) is 103 Å². The molecule has 0 radical (unpaired) electrons. The van der Waals surface area contributed by atoms with Gasteiger partial charge in [-0.15, -0.1) is 0 Å². The number of phenols is 2. The fourth-order valence-electron chi connectivity index (χ4n) is 5.75. The molecule has 0 aliphatic heterocycles. The molecule has 0 spiro atoms. The van der Waals surface area contributed by atoms with Crippen LogP contribution in [0.25, 0.3) is 10.9 Å². The lowest BCUT2D eigenvalue weighted by Gasteiger charge is -2.54. The first-order valence-electron chi connectivity index (χ1n) is 11.4. The maximum atomic E-state index is 11.9. The molecular weight excluding hydrogens is 388 g/mol. The largest absolute Gasteiger partial charge is 0.504 e. The van der Waals surface area contributed by atoms with E-state index < -0.39 is 11.0 Å². The van der Waals surface area contributed by atoms with Gasteiger partial charge < -0.3 is 26.0 Å². The van der Waals surface area contributed by atoms with E-state index in [1.165, 1.54) is 18.9 Å². The van der Waals surface area contributed by atoms with E-state index >= 15 is 0 Å². The molecule has 2 atom stereocenters. The molecule has 31 heavy (non-hydrogen) atoms. The van der Waals surface area contributed by atoms with Crippen molar-refractivity contribution in [3.63, 3.8) is 0 Å². The van der Waals surface area contributed by atoms with Crippen LogP contribution < -0.4 is 5.73 Å². The number of aromatic hydroxyl groups is 2. The molecule has 3 aliphatic carbocycles. The van der Waals surface area contributed by atoms with E-state index in [1.807, 2.05) is 24.3 Å². The molecule has 2 aromatic carbocycles. The van der Waals surface area contributed by atoms with Gasteiger partial charge in [-0.05, 0) is 55.0 Å². The lowest BCUT2D eigenvalue weighted by molar-refractivity contribution is -0.0657. The number of aryl methyl sites for hydroxylation is 1. The van der Waals surface area contributed by atoms with Crippen molar-refractivity contribution >= 4 is 10.9 Å². The second-order valence-corrected chi connectivity index (χ2v) is 9.78. The monoisotopic (exact) mass is 420 g/mol. The van der Waals surface area contributed by atoms with Crippen LogP contribution in [0.4, 0.5) is 0 Å². The van der Waals surface area contributed by atoms with Crippen LogP contribution in [-0.4, -0.2) is 32.4 Å². The summed E-state index contributed by atoms with van der Waals surface area (Å²) in [5.74, 6) is 0.829. The highest BCUT2D eigenvalue weighted by molar-refractivity contribution is 5.85. The summed E-state index contributed by atoms with van der Waals surface area (Å²) in [6.45, 7) is 2.67. The summed E-state index contributed by atoms with van der Waals surface area (Å²) in [4.78, 5) is 3.52. The second-order valence-electron chi connectivity index (χ2n) is 9.78. The average Bonchev–Trinajstić information content (AvgIpc) is 3.46. The Labute approximate surface area is 182 Å². The van der Waals surface area contributed by atoms with E-state index in [2.05, 4.69) is 18.0 Å². The van der Waals surface area contributed by atoms with Crippen molar-refractivity contribution < 1.29 is 15.3 Å². The smallest absolute Gasteiger partial charge is 0.161 e. The highest BCUT2D eigenvalue weighted by atomic mass is 16.3. The molecule has 1 heterocycles. The summed E-state index contributed by atoms with van der Waals surface area (Å²) in [5.41, 5.74) is 9.24. The first-order valence-corrected chi connectivity index (χ1v) is 11.4. The van der Waals surface area contributed by atoms with Gasteiger partial charge in [0.05, 0.1) is 5.60 Å². The third-order valence-electron chi connectivity index (χ3n) is 7.71. The van der Waals surface area contributed by atoms with Gasteiger partial charge in [0.25, 0.3) is 0 Å². The molecule has 0 bridgehead atoms. The molecular formula is C26H32N2O3. The van der Waals surface area contributed by atoms with Crippen LogP contribution in [-0.2, 0) is 24.7 Å². The minimum absolute atomic E-state index is 0.112. The molecule has 3 aromatic rings. The lowest BCUT2D eigenvalue weighted by Crippen LogP contribution is -2.60. The number of nitrogens with two attached hydrogens (primary N) is 1. The van der Waals surface area contributed by atoms with Crippen molar-refractivity contribution in [1.29, 1.82) is 0 Å². The first kappa shape index (κ1) is 20.4. The Morgan fingerprint density at radius 1 is 1.10 bits per heavy atom. The number of fused-ring (bicyclic) bond motifs is 6. The molecule has 6 N–H and O–H groups in total. The molecule has 1 fully saturated rings. The SMILES string of the molecule is CC1CC1.NCCC12Cc3[nH]c4ccccc4c3CC1(O)CCc1ccc(O)c(O)c12. The summed E-state index contributed by atoms with van der Waals surface area (Å²) in [6, 6.07) is 11.6. The van der Waals surface area contributed by atoms with Crippen LogP contribution in [0, 0.1) is 5.92 Å². The van der Waals surface area contributed by atoms with Crippen molar-refractivity contribution in [2.24, 2.45) is 11.7 Å². The van der Waals surface area contributed by atoms with Gasteiger partial charge in [0.15, 0.2) is 11.5 Å². The first-order chi connectivity index (χ1) is 14.9. The van der Waals surface area contributed by atoms with Crippen LogP contribution in [0.5, 0.6) is 11.5 Å². The number of aromatic nitrogens is 1.